The minimum atomic E-state index is -0.418. The number of benzene rings is 2. The number of carbonyl (C=O) groups is 1. The number of nitrogens with zero attached hydrogens (tertiary/aromatic N) is 1. The average molecular weight is 372 g/mol. The van der Waals surface area contributed by atoms with Crippen molar-refractivity contribution in [3.8, 4) is 11.5 Å². The highest BCUT2D eigenvalue weighted by atomic mass is 19.1. The molecule has 2 aromatic carbocycles. The Bertz CT molecular complexity index is 797. The van der Waals surface area contributed by atoms with Crippen LogP contribution < -0.4 is 14.8 Å². The van der Waals surface area contributed by atoms with Gasteiger partial charge in [0.05, 0.1) is 19.4 Å². The van der Waals surface area contributed by atoms with Crippen LogP contribution in [0.1, 0.15) is 18.4 Å². The number of ether oxygens (including phenoxy) is 2. The Hall–Kier alpha value is -2.76. The molecule has 0 bridgehead atoms. The van der Waals surface area contributed by atoms with E-state index in [9.17, 15) is 9.18 Å². The molecule has 0 aliphatic carbocycles. The standard InChI is InChI=1S/C21H25FN2O3/c1-15-8-9-20(19(22)11-15)23-21(25)24-10-4-5-16(13-24)14-27-18-7-3-6-17(12-18)26-2/h3,6-9,11-12,16H,4-5,10,13-14H2,1-2H3,(H,23,25). The van der Waals surface area contributed by atoms with Gasteiger partial charge in [0.15, 0.2) is 0 Å². The molecule has 1 aliphatic heterocycles. The summed E-state index contributed by atoms with van der Waals surface area (Å²) in [5.41, 5.74) is 1.03. The molecular weight excluding hydrogens is 347 g/mol. The van der Waals surface area contributed by atoms with Crippen molar-refractivity contribution in [1.82, 2.24) is 4.90 Å². The van der Waals surface area contributed by atoms with Crippen LogP contribution >= 0.6 is 0 Å². The molecule has 0 radical (unpaired) electrons. The number of amides is 2. The first-order valence-corrected chi connectivity index (χ1v) is 9.14. The SMILES string of the molecule is COc1cccc(OCC2CCCN(C(=O)Nc3ccc(C)cc3F)C2)c1. The van der Waals surface area contributed by atoms with Crippen LogP contribution in [0, 0.1) is 18.7 Å². The number of methoxy groups -OCH3 is 1. The topological polar surface area (TPSA) is 50.8 Å². The van der Waals surface area contributed by atoms with E-state index in [1.807, 2.05) is 31.2 Å². The summed E-state index contributed by atoms with van der Waals surface area (Å²) in [6, 6.07) is 12.0. The van der Waals surface area contributed by atoms with Crippen molar-refractivity contribution in [2.24, 2.45) is 5.92 Å². The Morgan fingerprint density at radius 3 is 2.85 bits per heavy atom. The van der Waals surface area contributed by atoms with Crippen molar-refractivity contribution in [3.05, 3.63) is 53.8 Å². The number of carbonyl (C=O) groups excluding carboxylic acids is 1. The Morgan fingerprint density at radius 2 is 2.07 bits per heavy atom. The molecule has 1 unspecified atom stereocenters. The van der Waals surface area contributed by atoms with E-state index < -0.39 is 5.82 Å². The summed E-state index contributed by atoms with van der Waals surface area (Å²) < 4.78 is 25.0. The molecule has 1 N–H and O–H groups in total. The third-order valence-corrected chi connectivity index (χ3v) is 4.70. The number of hydrogen-bond acceptors (Lipinski definition) is 3. The minimum absolute atomic E-state index is 0.209. The molecule has 1 saturated heterocycles. The van der Waals surface area contributed by atoms with E-state index in [4.69, 9.17) is 9.47 Å². The molecular formula is C21H25FN2O3. The zero-order valence-corrected chi connectivity index (χ0v) is 15.7. The molecule has 3 rings (SSSR count). The van der Waals surface area contributed by atoms with Crippen LogP contribution in [-0.2, 0) is 0 Å². The molecule has 2 aromatic rings. The second-order valence-corrected chi connectivity index (χ2v) is 6.86. The van der Waals surface area contributed by atoms with Crippen LogP contribution in [0.15, 0.2) is 42.5 Å². The fourth-order valence-electron chi connectivity index (χ4n) is 3.21. The first-order valence-electron chi connectivity index (χ1n) is 9.14. The maximum atomic E-state index is 14.0. The Kier molecular flexibility index (Phi) is 6.16. The summed E-state index contributed by atoms with van der Waals surface area (Å²) in [4.78, 5) is 14.2. The van der Waals surface area contributed by atoms with Crippen LogP contribution in [0.3, 0.4) is 0 Å². The molecule has 1 aliphatic rings. The van der Waals surface area contributed by atoms with Gasteiger partial charge >= 0.3 is 6.03 Å². The normalized spacial score (nSPS) is 16.7. The lowest BCUT2D eigenvalue weighted by Crippen LogP contribution is -2.43. The molecule has 0 aromatic heterocycles. The summed E-state index contributed by atoms with van der Waals surface area (Å²) in [6.45, 7) is 3.58. The van der Waals surface area contributed by atoms with Crippen molar-refractivity contribution in [3.63, 3.8) is 0 Å². The van der Waals surface area contributed by atoms with E-state index in [-0.39, 0.29) is 17.6 Å². The van der Waals surface area contributed by atoms with Gasteiger partial charge in [-0.1, -0.05) is 12.1 Å². The average Bonchev–Trinajstić information content (AvgIpc) is 2.69. The van der Waals surface area contributed by atoms with Crippen LogP contribution in [-0.4, -0.2) is 37.7 Å². The maximum absolute atomic E-state index is 14.0. The Morgan fingerprint density at radius 1 is 1.26 bits per heavy atom. The van der Waals surface area contributed by atoms with Crippen molar-refractivity contribution in [1.29, 1.82) is 0 Å². The molecule has 6 heteroatoms. The van der Waals surface area contributed by atoms with Crippen LogP contribution in [0.4, 0.5) is 14.9 Å². The van der Waals surface area contributed by atoms with E-state index in [1.165, 1.54) is 6.07 Å². The van der Waals surface area contributed by atoms with Crippen molar-refractivity contribution in [2.75, 3.05) is 32.1 Å². The lowest BCUT2D eigenvalue weighted by molar-refractivity contribution is 0.145. The smallest absolute Gasteiger partial charge is 0.321 e. The van der Waals surface area contributed by atoms with Gasteiger partial charge in [-0.15, -0.1) is 0 Å². The highest BCUT2D eigenvalue weighted by molar-refractivity contribution is 5.89. The lowest BCUT2D eigenvalue weighted by Gasteiger charge is -2.32. The summed E-state index contributed by atoms with van der Waals surface area (Å²) >= 11 is 0. The lowest BCUT2D eigenvalue weighted by atomic mass is 9.99. The largest absolute Gasteiger partial charge is 0.497 e. The molecule has 1 atom stereocenters. The highest BCUT2D eigenvalue weighted by Crippen LogP contribution is 2.23. The predicted molar refractivity (Wildman–Crippen MR) is 103 cm³/mol. The van der Waals surface area contributed by atoms with Gasteiger partial charge < -0.3 is 19.7 Å². The number of halogens is 1. The molecule has 144 valence electrons. The van der Waals surface area contributed by atoms with E-state index in [1.54, 1.807) is 24.1 Å². The third-order valence-electron chi connectivity index (χ3n) is 4.70. The van der Waals surface area contributed by atoms with Gasteiger partial charge in [0, 0.05) is 25.1 Å². The summed E-state index contributed by atoms with van der Waals surface area (Å²) in [7, 11) is 1.62. The molecule has 5 nitrogen and oxygen atoms in total. The molecule has 0 saturated carbocycles. The third kappa shape index (κ3) is 5.12. The van der Waals surface area contributed by atoms with Crippen molar-refractivity contribution in [2.45, 2.75) is 19.8 Å². The number of hydrogen-bond donors (Lipinski definition) is 1. The highest BCUT2D eigenvalue weighted by Gasteiger charge is 2.24. The van der Waals surface area contributed by atoms with E-state index >= 15 is 0 Å². The first-order chi connectivity index (χ1) is 13.0. The Labute approximate surface area is 159 Å². The van der Waals surface area contributed by atoms with Gasteiger partial charge in [0.1, 0.15) is 17.3 Å². The van der Waals surface area contributed by atoms with Gasteiger partial charge in [-0.05, 0) is 49.6 Å². The summed E-state index contributed by atoms with van der Waals surface area (Å²) in [5.74, 6) is 1.31. The van der Waals surface area contributed by atoms with Crippen LogP contribution in [0.5, 0.6) is 11.5 Å². The molecule has 0 spiro atoms. The van der Waals surface area contributed by atoms with Crippen LogP contribution in [0.2, 0.25) is 0 Å². The van der Waals surface area contributed by atoms with E-state index in [0.717, 1.165) is 29.9 Å². The van der Waals surface area contributed by atoms with Gasteiger partial charge in [-0.25, -0.2) is 9.18 Å². The molecule has 1 heterocycles. The second kappa shape index (κ2) is 8.75. The minimum Gasteiger partial charge on any atom is -0.497 e. The number of urea groups is 1. The fourth-order valence-corrected chi connectivity index (χ4v) is 3.21. The quantitative estimate of drug-likeness (QED) is 0.843. The zero-order chi connectivity index (χ0) is 19.2. The second-order valence-electron chi connectivity index (χ2n) is 6.86. The zero-order valence-electron chi connectivity index (χ0n) is 15.7. The number of nitrogens with one attached hydrogen (secondary N) is 1. The summed E-state index contributed by atoms with van der Waals surface area (Å²) in [5, 5.41) is 2.67. The molecule has 27 heavy (non-hydrogen) atoms. The van der Waals surface area contributed by atoms with Gasteiger partial charge in [0.2, 0.25) is 0 Å². The fraction of sp³-hybridized carbons (Fsp3) is 0.381. The Balaban J connectivity index is 1.54. The van der Waals surface area contributed by atoms with Crippen LogP contribution in [0.25, 0.3) is 0 Å². The number of likely N-dealkylation sites (tertiary alicyclic amines) is 1. The number of anilines is 1. The maximum Gasteiger partial charge on any atom is 0.321 e. The summed E-state index contributed by atoms with van der Waals surface area (Å²) in [6.07, 6.45) is 1.89. The van der Waals surface area contributed by atoms with Gasteiger partial charge in [-0.2, -0.15) is 0 Å². The van der Waals surface area contributed by atoms with Crippen molar-refractivity contribution < 1.29 is 18.7 Å². The monoisotopic (exact) mass is 372 g/mol. The van der Waals surface area contributed by atoms with E-state index in [0.29, 0.717) is 19.7 Å². The predicted octanol–water partition coefficient (Wildman–Crippen LogP) is 4.47. The van der Waals surface area contributed by atoms with E-state index in [2.05, 4.69) is 5.32 Å². The van der Waals surface area contributed by atoms with Gasteiger partial charge in [0.25, 0.3) is 0 Å². The van der Waals surface area contributed by atoms with Crippen molar-refractivity contribution >= 4 is 11.7 Å². The van der Waals surface area contributed by atoms with Gasteiger partial charge in [-0.3, -0.25) is 0 Å². The number of rotatable bonds is 5. The molecule has 1 fully saturated rings. The molecule has 2 amide bonds. The first kappa shape index (κ1) is 19.0. The number of aryl methyl sites for hydroxylation is 1. The number of piperidine rings is 1.